The normalized spacial score (nSPS) is 6.00. The second-order valence-electron chi connectivity index (χ2n) is 0.878. The molecule has 0 aromatic carbocycles. The quantitative estimate of drug-likeness (QED) is 0.566. The molecule has 49 valence electrons. The molecule has 0 atom stereocenters. The van der Waals surface area contributed by atoms with Crippen LogP contribution in [0.4, 0.5) is 8.78 Å². The first kappa shape index (κ1) is 16.0. The molecule has 0 spiro atoms. The van der Waals surface area contributed by atoms with Crippen LogP contribution in [0.25, 0.3) is 0 Å². The van der Waals surface area contributed by atoms with E-state index in [4.69, 9.17) is 0 Å². The third-order valence-electron chi connectivity index (χ3n) is 0.189. The molecule has 0 rings (SSSR count). The summed E-state index contributed by atoms with van der Waals surface area (Å²) in [6.07, 6.45) is 0.653. The SMILES string of the molecule is CCCF.[CH2-]CF.[Y]. The van der Waals surface area contributed by atoms with Gasteiger partial charge in [0.1, 0.15) is 0 Å². The maximum atomic E-state index is 10.7. The van der Waals surface area contributed by atoms with Crippen LogP contribution in [0.2, 0.25) is 0 Å². The molecule has 0 amide bonds. The maximum absolute atomic E-state index is 10.7. The van der Waals surface area contributed by atoms with Gasteiger partial charge in [0.05, 0.1) is 6.67 Å². The van der Waals surface area contributed by atoms with Crippen molar-refractivity contribution in [2.75, 3.05) is 13.3 Å². The Bertz CT molecular complexity index is 17.9. The fraction of sp³-hybridized carbons (Fsp3) is 0.800. The number of hydrogen-bond donors (Lipinski definition) is 0. The Morgan fingerprint density at radius 1 is 1.38 bits per heavy atom. The summed E-state index contributed by atoms with van der Waals surface area (Å²) >= 11 is 0. The predicted octanol–water partition coefficient (Wildman–Crippen LogP) is 2.15. The fourth-order valence-electron chi connectivity index (χ4n) is 0. The zero-order chi connectivity index (χ0) is 6.12. The third kappa shape index (κ3) is 64.2. The van der Waals surface area contributed by atoms with Crippen molar-refractivity contribution in [3.63, 3.8) is 0 Å². The zero-order valence-corrected chi connectivity index (χ0v) is 8.00. The molecule has 0 saturated heterocycles. The first-order valence-corrected chi connectivity index (χ1v) is 2.24. The first-order chi connectivity index (χ1) is 3.33. The van der Waals surface area contributed by atoms with Gasteiger partial charge in [-0.15, -0.1) is 0 Å². The van der Waals surface area contributed by atoms with Crippen LogP contribution in [-0.4, -0.2) is 13.3 Å². The van der Waals surface area contributed by atoms with E-state index in [0.717, 1.165) is 0 Å². The van der Waals surface area contributed by atoms with Crippen molar-refractivity contribution in [2.45, 2.75) is 13.3 Å². The van der Waals surface area contributed by atoms with Gasteiger partial charge in [0.15, 0.2) is 0 Å². The van der Waals surface area contributed by atoms with Crippen molar-refractivity contribution >= 4 is 0 Å². The molecule has 0 bridgehead atoms. The predicted molar refractivity (Wildman–Crippen MR) is 27.6 cm³/mol. The van der Waals surface area contributed by atoms with Crippen molar-refractivity contribution in [3.05, 3.63) is 6.92 Å². The van der Waals surface area contributed by atoms with E-state index in [-0.39, 0.29) is 39.4 Å². The van der Waals surface area contributed by atoms with Crippen molar-refractivity contribution < 1.29 is 41.5 Å². The van der Waals surface area contributed by atoms with Gasteiger partial charge in [-0.1, -0.05) is 6.92 Å². The molecule has 0 saturated carbocycles. The maximum Gasteiger partial charge on any atom is 0.0891 e. The summed E-state index contributed by atoms with van der Waals surface area (Å²) < 4.78 is 20.9. The Morgan fingerprint density at radius 3 is 1.50 bits per heavy atom. The molecular formula is C5H11F2Y-. The average Bonchev–Trinajstić information content (AvgIpc) is 1.69. The molecule has 0 aliphatic rings. The average molecular weight is 198 g/mol. The number of alkyl halides is 2. The zero-order valence-electron chi connectivity index (χ0n) is 5.16. The van der Waals surface area contributed by atoms with Crippen LogP contribution < -0.4 is 0 Å². The summed E-state index contributed by atoms with van der Waals surface area (Å²) in [5.74, 6) is 0. The van der Waals surface area contributed by atoms with E-state index in [0.29, 0.717) is 6.42 Å². The molecule has 3 heteroatoms. The number of halogens is 2. The van der Waals surface area contributed by atoms with E-state index < -0.39 is 6.67 Å². The van der Waals surface area contributed by atoms with Crippen LogP contribution in [0.15, 0.2) is 0 Å². The van der Waals surface area contributed by atoms with Crippen LogP contribution in [0.3, 0.4) is 0 Å². The Hall–Kier alpha value is 0.964. The van der Waals surface area contributed by atoms with Crippen LogP contribution in [0, 0.1) is 6.92 Å². The summed E-state index contributed by atoms with van der Waals surface area (Å²) in [7, 11) is 0. The Balaban J connectivity index is -0.0000000575. The monoisotopic (exact) mass is 198 g/mol. The minimum Gasteiger partial charge on any atom is -0.313 e. The molecule has 0 heterocycles. The van der Waals surface area contributed by atoms with Gasteiger partial charge in [-0.05, 0) is 13.1 Å². The molecule has 0 nitrogen and oxygen atoms in total. The van der Waals surface area contributed by atoms with Gasteiger partial charge in [-0.2, -0.15) is 0 Å². The van der Waals surface area contributed by atoms with Gasteiger partial charge in [0.2, 0.25) is 0 Å². The van der Waals surface area contributed by atoms with Crippen LogP contribution >= 0.6 is 0 Å². The molecule has 8 heavy (non-hydrogen) atoms. The molecule has 0 aromatic heterocycles. The van der Waals surface area contributed by atoms with Crippen molar-refractivity contribution in [2.24, 2.45) is 0 Å². The molecule has 0 fully saturated rings. The number of hydrogen-bond acceptors (Lipinski definition) is 0. The van der Waals surface area contributed by atoms with E-state index in [9.17, 15) is 8.78 Å². The Kier molecular flexibility index (Phi) is 49.1. The van der Waals surface area contributed by atoms with Crippen LogP contribution in [0.5, 0.6) is 0 Å². The molecule has 0 unspecified atom stereocenters. The molecule has 0 aliphatic heterocycles. The van der Waals surface area contributed by atoms with Crippen LogP contribution in [-0.2, 0) is 32.7 Å². The van der Waals surface area contributed by atoms with Crippen molar-refractivity contribution in [3.8, 4) is 0 Å². The second kappa shape index (κ2) is 24.6. The topological polar surface area (TPSA) is 0 Å². The van der Waals surface area contributed by atoms with E-state index in [1.165, 1.54) is 0 Å². The van der Waals surface area contributed by atoms with E-state index in [1.807, 2.05) is 0 Å². The minimum absolute atomic E-state index is 0. The summed E-state index contributed by atoms with van der Waals surface area (Å²) in [6, 6.07) is 0. The minimum atomic E-state index is -0.500. The summed E-state index contributed by atoms with van der Waals surface area (Å²) in [5.41, 5.74) is 0. The second-order valence-corrected chi connectivity index (χ2v) is 0.878. The van der Waals surface area contributed by atoms with Crippen LogP contribution in [0.1, 0.15) is 13.3 Å². The Morgan fingerprint density at radius 2 is 1.50 bits per heavy atom. The van der Waals surface area contributed by atoms with Gasteiger partial charge in [0.25, 0.3) is 0 Å². The summed E-state index contributed by atoms with van der Waals surface area (Å²) in [4.78, 5) is 0. The molecular weight excluding hydrogens is 187 g/mol. The third-order valence-corrected chi connectivity index (χ3v) is 0.189. The van der Waals surface area contributed by atoms with Crippen molar-refractivity contribution in [1.82, 2.24) is 0 Å². The van der Waals surface area contributed by atoms with E-state index >= 15 is 0 Å². The van der Waals surface area contributed by atoms with E-state index in [2.05, 4.69) is 6.92 Å². The van der Waals surface area contributed by atoms with Gasteiger partial charge >= 0.3 is 0 Å². The molecule has 0 N–H and O–H groups in total. The fourth-order valence-corrected chi connectivity index (χ4v) is 0. The summed E-state index contributed by atoms with van der Waals surface area (Å²) in [5, 5.41) is 0. The first-order valence-electron chi connectivity index (χ1n) is 2.24. The smallest absolute Gasteiger partial charge is 0.0891 e. The van der Waals surface area contributed by atoms with Crippen molar-refractivity contribution in [1.29, 1.82) is 0 Å². The van der Waals surface area contributed by atoms with E-state index in [1.54, 1.807) is 6.92 Å². The molecule has 0 aliphatic carbocycles. The Labute approximate surface area is 74.9 Å². The molecule has 0 aromatic rings. The molecule has 1 radical (unpaired) electrons. The van der Waals surface area contributed by atoms with Gasteiger partial charge in [-0.3, -0.25) is 8.78 Å². The number of rotatable bonds is 1. The van der Waals surface area contributed by atoms with Gasteiger partial charge < -0.3 is 6.92 Å². The van der Waals surface area contributed by atoms with Gasteiger partial charge in [0, 0.05) is 32.7 Å². The standard InChI is InChI=1S/C3H7F.C2H4F.Y/c1-2-3-4;1-2-3;/h2-3H2,1H3;1-2H2;/q;-1;. The summed E-state index contributed by atoms with van der Waals surface area (Å²) in [6.45, 7) is 3.94. The largest absolute Gasteiger partial charge is 0.313 e. The van der Waals surface area contributed by atoms with Gasteiger partial charge in [-0.25, -0.2) is 0 Å².